The minimum atomic E-state index is -0.926. The highest BCUT2D eigenvalue weighted by Gasteiger charge is 2.56. The standard InChI is InChI=1S/C19H29NO3/c1-3-22-17-11-7-6-10-16(17)19(14-20-12-13-23-19)18(2,21)15-8-4-5-9-15/h6-7,10-11,15,20-21H,3-5,8-9,12-14H2,1-2H3. The van der Waals surface area contributed by atoms with Crippen LogP contribution in [0.15, 0.2) is 24.3 Å². The summed E-state index contributed by atoms with van der Waals surface area (Å²) in [6.07, 6.45) is 4.51. The van der Waals surface area contributed by atoms with Crippen LogP contribution in [-0.4, -0.2) is 37.0 Å². The summed E-state index contributed by atoms with van der Waals surface area (Å²) in [6.45, 7) is 6.58. The van der Waals surface area contributed by atoms with Crippen LogP contribution in [0, 0.1) is 5.92 Å². The summed E-state index contributed by atoms with van der Waals surface area (Å²) in [4.78, 5) is 0. The third-order valence-corrected chi connectivity index (χ3v) is 5.59. The zero-order valence-electron chi connectivity index (χ0n) is 14.3. The van der Waals surface area contributed by atoms with Crippen molar-refractivity contribution in [1.29, 1.82) is 0 Å². The molecule has 2 aliphatic rings. The van der Waals surface area contributed by atoms with Crippen LogP contribution in [0.4, 0.5) is 0 Å². The topological polar surface area (TPSA) is 50.7 Å². The van der Waals surface area contributed by atoms with E-state index in [0.29, 0.717) is 19.8 Å². The Kier molecular flexibility index (Phi) is 4.95. The maximum Gasteiger partial charge on any atom is 0.138 e. The molecule has 3 rings (SSSR count). The fourth-order valence-electron chi connectivity index (χ4n) is 4.28. The van der Waals surface area contributed by atoms with Gasteiger partial charge in [0.25, 0.3) is 0 Å². The Bertz CT molecular complexity index is 517. The molecule has 0 radical (unpaired) electrons. The summed E-state index contributed by atoms with van der Waals surface area (Å²) in [5, 5.41) is 15.0. The number of aliphatic hydroxyl groups is 1. The van der Waals surface area contributed by atoms with Crippen molar-refractivity contribution in [3.05, 3.63) is 29.8 Å². The molecule has 4 heteroatoms. The molecule has 2 fully saturated rings. The highest BCUT2D eigenvalue weighted by molar-refractivity contribution is 5.41. The second-order valence-electron chi connectivity index (χ2n) is 6.91. The largest absolute Gasteiger partial charge is 0.493 e. The second kappa shape index (κ2) is 6.80. The van der Waals surface area contributed by atoms with Crippen molar-refractivity contribution in [2.45, 2.75) is 50.7 Å². The molecule has 0 amide bonds. The maximum atomic E-state index is 11.6. The van der Waals surface area contributed by atoms with Crippen molar-refractivity contribution in [2.75, 3.05) is 26.3 Å². The molecule has 128 valence electrons. The van der Waals surface area contributed by atoms with Gasteiger partial charge < -0.3 is 19.9 Å². The van der Waals surface area contributed by atoms with Crippen molar-refractivity contribution in [1.82, 2.24) is 5.32 Å². The van der Waals surface area contributed by atoms with Crippen LogP contribution in [0.1, 0.15) is 45.1 Å². The number of hydrogen-bond donors (Lipinski definition) is 2. The average Bonchev–Trinajstić information content (AvgIpc) is 3.11. The molecule has 23 heavy (non-hydrogen) atoms. The normalized spacial score (nSPS) is 28.5. The van der Waals surface area contributed by atoms with E-state index in [0.717, 1.165) is 30.7 Å². The van der Waals surface area contributed by atoms with E-state index in [9.17, 15) is 5.11 Å². The number of benzene rings is 1. The van der Waals surface area contributed by atoms with Gasteiger partial charge in [-0.05, 0) is 38.7 Å². The Morgan fingerprint density at radius 1 is 1.35 bits per heavy atom. The molecule has 0 aromatic heterocycles. The van der Waals surface area contributed by atoms with Gasteiger partial charge >= 0.3 is 0 Å². The zero-order valence-corrected chi connectivity index (χ0v) is 14.3. The van der Waals surface area contributed by atoms with Crippen LogP contribution >= 0.6 is 0 Å². The van der Waals surface area contributed by atoms with Gasteiger partial charge in [-0.1, -0.05) is 31.0 Å². The molecule has 1 saturated heterocycles. The monoisotopic (exact) mass is 319 g/mol. The molecule has 1 aromatic rings. The summed E-state index contributed by atoms with van der Waals surface area (Å²) >= 11 is 0. The third kappa shape index (κ3) is 2.88. The number of hydrogen-bond acceptors (Lipinski definition) is 4. The SMILES string of the molecule is CCOc1ccccc1C1(C(C)(O)C2CCCC2)CNCCO1. The molecule has 1 heterocycles. The van der Waals surface area contributed by atoms with Gasteiger partial charge in [0.05, 0.1) is 18.8 Å². The molecule has 1 aliphatic heterocycles. The average molecular weight is 319 g/mol. The number of rotatable bonds is 5. The lowest BCUT2D eigenvalue weighted by molar-refractivity contribution is -0.216. The Hall–Kier alpha value is -1.10. The smallest absolute Gasteiger partial charge is 0.138 e. The van der Waals surface area contributed by atoms with Crippen molar-refractivity contribution < 1.29 is 14.6 Å². The van der Waals surface area contributed by atoms with Gasteiger partial charge in [-0.2, -0.15) is 0 Å². The van der Waals surface area contributed by atoms with Gasteiger partial charge in [0.15, 0.2) is 0 Å². The molecule has 0 spiro atoms. The first-order valence-electron chi connectivity index (χ1n) is 8.91. The van der Waals surface area contributed by atoms with Gasteiger partial charge in [-0.25, -0.2) is 0 Å². The number of para-hydroxylation sites is 1. The van der Waals surface area contributed by atoms with E-state index >= 15 is 0 Å². The summed E-state index contributed by atoms with van der Waals surface area (Å²) in [6, 6.07) is 8.00. The third-order valence-electron chi connectivity index (χ3n) is 5.59. The van der Waals surface area contributed by atoms with Crippen LogP contribution in [0.3, 0.4) is 0 Å². The number of nitrogens with one attached hydrogen (secondary N) is 1. The predicted molar refractivity (Wildman–Crippen MR) is 90.7 cm³/mol. The summed E-state index contributed by atoms with van der Waals surface area (Å²) in [5.41, 5.74) is -0.721. The molecule has 1 aromatic carbocycles. The van der Waals surface area contributed by atoms with Crippen LogP contribution in [-0.2, 0) is 10.3 Å². The van der Waals surface area contributed by atoms with E-state index in [1.165, 1.54) is 12.8 Å². The van der Waals surface area contributed by atoms with E-state index in [2.05, 4.69) is 5.32 Å². The summed E-state index contributed by atoms with van der Waals surface area (Å²) in [7, 11) is 0. The molecule has 2 atom stereocenters. The Morgan fingerprint density at radius 2 is 2.09 bits per heavy atom. The zero-order chi connectivity index (χ0) is 16.3. The van der Waals surface area contributed by atoms with Crippen molar-refractivity contribution in [3.8, 4) is 5.75 Å². The second-order valence-corrected chi connectivity index (χ2v) is 6.91. The van der Waals surface area contributed by atoms with E-state index < -0.39 is 11.2 Å². The highest BCUT2D eigenvalue weighted by atomic mass is 16.5. The fourth-order valence-corrected chi connectivity index (χ4v) is 4.28. The molecule has 2 N–H and O–H groups in total. The fraction of sp³-hybridized carbons (Fsp3) is 0.684. The molecule has 0 bridgehead atoms. The van der Waals surface area contributed by atoms with Crippen molar-refractivity contribution in [2.24, 2.45) is 5.92 Å². The molecular weight excluding hydrogens is 290 g/mol. The summed E-state index contributed by atoms with van der Waals surface area (Å²) in [5.74, 6) is 1.08. The van der Waals surface area contributed by atoms with Gasteiger partial charge in [0.2, 0.25) is 0 Å². The van der Waals surface area contributed by atoms with E-state index in [1.807, 2.05) is 38.1 Å². The van der Waals surface area contributed by atoms with Gasteiger partial charge in [0.1, 0.15) is 11.4 Å². The molecular formula is C19H29NO3. The van der Waals surface area contributed by atoms with E-state index in [-0.39, 0.29) is 5.92 Å². The molecule has 2 unspecified atom stereocenters. The van der Waals surface area contributed by atoms with Gasteiger partial charge in [0, 0.05) is 18.7 Å². The lowest BCUT2D eigenvalue weighted by Gasteiger charge is -2.51. The quantitative estimate of drug-likeness (QED) is 0.876. The first kappa shape index (κ1) is 16.7. The van der Waals surface area contributed by atoms with Crippen LogP contribution < -0.4 is 10.1 Å². The molecule has 4 nitrogen and oxygen atoms in total. The Balaban J connectivity index is 2.06. The lowest BCUT2D eigenvalue weighted by atomic mass is 9.69. The summed E-state index contributed by atoms with van der Waals surface area (Å²) < 4.78 is 12.2. The number of ether oxygens (including phenoxy) is 2. The minimum absolute atomic E-state index is 0.261. The van der Waals surface area contributed by atoms with Crippen molar-refractivity contribution >= 4 is 0 Å². The predicted octanol–water partition coefficient (Wildman–Crippen LogP) is 2.84. The molecule has 1 saturated carbocycles. The van der Waals surface area contributed by atoms with E-state index in [4.69, 9.17) is 9.47 Å². The lowest BCUT2D eigenvalue weighted by Crippen LogP contribution is -2.63. The maximum absolute atomic E-state index is 11.6. The minimum Gasteiger partial charge on any atom is -0.493 e. The van der Waals surface area contributed by atoms with Crippen LogP contribution in [0.25, 0.3) is 0 Å². The Labute approximate surface area is 139 Å². The first-order valence-corrected chi connectivity index (χ1v) is 8.91. The first-order chi connectivity index (χ1) is 11.1. The van der Waals surface area contributed by atoms with Gasteiger partial charge in [-0.15, -0.1) is 0 Å². The van der Waals surface area contributed by atoms with Crippen LogP contribution in [0.2, 0.25) is 0 Å². The van der Waals surface area contributed by atoms with Crippen LogP contribution in [0.5, 0.6) is 5.75 Å². The highest BCUT2D eigenvalue weighted by Crippen LogP contribution is 2.49. The molecule has 1 aliphatic carbocycles. The van der Waals surface area contributed by atoms with E-state index in [1.54, 1.807) is 0 Å². The van der Waals surface area contributed by atoms with Crippen molar-refractivity contribution in [3.63, 3.8) is 0 Å². The number of morpholine rings is 1. The Morgan fingerprint density at radius 3 is 2.74 bits per heavy atom. The van der Waals surface area contributed by atoms with Gasteiger partial charge in [-0.3, -0.25) is 0 Å².